The molecule has 0 aliphatic rings. The van der Waals surface area contributed by atoms with Gasteiger partial charge in [0.1, 0.15) is 0 Å². The Kier molecular flexibility index (Phi) is 12.6. The number of anilines is 2. The highest BCUT2D eigenvalue weighted by atomic mass is 35.5. The van der Waals surface area contributed by atoms with Gasteiger partial charge < -0.3 is 10.6 Å². The third-order valence-corrected chi connectivity index (χ3v) is 11.4. The molecule has 4 heteroatoms. The second kappa shape index (κ2) is 18.1. The van der Waals surface area contributed by atoms with E-state index in [1.165, 1.54) is 39.1 Å². The Balaban J connectivity index is 1.32. The minimum Gasteiger partial charge on any atom is -0.376 e. The summed E-state index contributed by atoms with van der Waals surface area (Å²) in [7, 11) is 0. The van der Waals surface area contributed by atoms with Crippen LogP contribution in [0.4, 0.5) is 11.4 Å². The van der Waals surface area contributed by atoms with Gasteiger partial charge in [-0.1, -0.05) is 191 Å². The summed E-state index contributed by atoms with van der Waals surface area (Å²) in [5.41, 5.74) is 13.9. The van der Waals surface area contributed by atoms with Crippen LogP contribution in [0.25, 0.3) is 0 Å². The molecule has 0 bridgehead atoms. The number of benzene rings is 6. The van der Waals surface area contributed by atoms with Crippen molar-refractivity contribution in [3.63, 3.8) is 0 Å². The zero-order valence-corrected chi connectivity index (χ0v) is 34.7. The monoisotopic (exact) mass is 767 g/mol. The number of pyridine rings is 1. The van der Waals surface area contributed by atoms with Crippen molar-refractivity contribution in [3.8, 4) is 0 Å². The number of hydrogen-bond donors (Lipinski definition) is 2. The molecule has 0 saturated heterocycles. The summed E-state index contributed by atoms with van der Waals surface area (Å²) in [5.74, 6) is 0.718. The molecule has 0 aliphatic heterocycles. The average Bonchev–Trinajstić information content (AvgIpc) is 3.23. The second-order valence-electron chi connectivity index (χ2n) is 15.8. The Morgan fingerprint density at radius 2 is 0.772 bits per heavy atom. The smallest absolute Gasteiger partial charge is 0.0657 e. The van der Waals surface area contributed by atoms with Gasteiger partial charge in [-0.3, -0.25) is 4.98 Å². The van der Waals surface area contributed by atoms with E-state index in [0.29, 0.717) is 16.9 Å². The maximum Gasteiger partial charge on any atom is 0.0657 e. The minimum absolute atomic E-state index is 0.00132. The Morgan fingerprint density at radius 3 is 1.19 bits per heavy atom. The molecule has 7 aromatic rings. The molecule has 0 aliphatic carbocycles. The van der Waals surface area contributed by atoms with Crippen molar-refractivity contribution in [1.82, 2.24) is 4.98 Å². The van der Waals surface area contributed by atoms with E-state index < -0.39 is 0 Å². The Hall–Kier alpha value is -5.64. The third-order valence-electron chi connectivity index (χ3n) is 11.1. The van der Waals surface area contributed by atoms with Gasteiger partial charge in [0.2, 0.25) is 0 Å². The highest BCUT2D eigenvalue weighted by molar-refractivity contribution is 6.33. The Labute approximate surface area is 345 Å². The number of nitrogens with one attached hydrogen (secondary N) is 2. The lowest BCUT2D eigenvalue weighted by molar-refractivity contribution is 0.767. The average molecular weight is 768 g/mol. The molecule has 2 N–H and O–H groups in total. The zero-order valence-electron chi connectivity index (χ0n) is 34.0. The van der Waals surface area contributed by atoms with E-state index in [9.17, 15) is 0 Å². The molecule has 2 unspecified atom stereocenters. The van der Waals surface area contributed by atoms with Crippen molar-refractivity contribution in [2.24, 2.45) is 0 Å². The summed E-state index contributed by atoms with van der Waals surface area (Å²) in [5, 5.41) is 8.47. The van der Waals surface area contributed by atoms with Gasteiger partial charge in [0.15, 0.2) is 0 Å². The van der Waals surface area contributed by atoms with Crippen LogP contribution >= 0.6 is 11.6 Å². The van der Waals surface area contributed by atoms with Gasteiger partial charge in [-0.15, -0.1) is 0 Å². The molecule has 1 heterocycles. The van der Waals surface area contributed by atoms with Crippen LogP contribution < -0.4 is 10.6 Å². The maximum atomic E-state index is 7.56. The van der Waals surface area contributed by atoms with Crippen LogP contribution in [0.2, 0.25) is 5.02 Å². The highest BCUT2D eigenvalue weighted by Crippen LogP contribution is 2.45. The van der Waals surface area contributed by atoms with Gasteiger partial charge in [-0.25, -0.2) is 0 Å². The van der Waals surface area contributed by atoms with E-state index in [1.54, 1.807) is 0 Å². The fraction of sp³-hybridized carbons (Fsp3) is 0.226. The molecule has 7 rings (SSSR count). The molecule has 2 atom stereocenters. The van der Waals surface area contributed by atoms with E-state index in [2.05, 4.69) is 222 Å². The fourth-order valence-corrected chi connectivity index (χ4v) is 8.45. The predicted octanol–water partition coefficient (Wildman–Crippen LogP) is 14.7. The molecular formula is C53H54ClN3. The first-order valence-corrected chi connectivity index (χ1v) is 20.7. The van der Waals surface area contributed by atoms with Crippen molar-refractivity contribution in [2.75, 3.05) is 10.6 Å². The van der Waals surface area contributed by atoms with Gasteiger partial charge in [0, 0.05) is 17.5 Å². The summed E-state index contributed by atoms with van der Waals surface area (Å²) in [6.45, 7) is 13.4. The summed E-state index contributed by atoms with van der Waals surface area (Å²) in [4.78, 5) is 5.29. The Bertz CT molecular complexity index is 2250. The number of aromatic nitrogens is 1. The largest absolute Gasteiger partial charge is 0.376 e. The first-order chi connectivity index (χ1) is 27.7. The zero-order chi connectivity index (χ0) is 39.9. The Morgan fingerprint density at radius 1 is 0.386 bits per heavy atom. The minimum atomic E-state index is -0.139. The summed E-state index contributed by atoms with van der Waals surface area (Å²) in [6, 6.07) is 60.4. The van der Waals surface area contributed by atoms with Crippen molar-refractivity contribution in [1.29, 1.82) is 0 Å². The maximum absolute atomic E-state index is 7.56. The van der Waals surface area contributed by atoms with Crippen molar-refractivity contribution in [2.45, 2.75) is 77.3 Å². The molecule has 0 amide bonds. The third kappa shape index (κ3) is 9.01. The van der Waals surface area contributed by atoms with Crippen molar-refractivity contribution < 1.29 is 0 Å². The predicted molar refractivity (Wildman–Crippen MR) is 242 cm³/mol. The summed E-state index contributed by atoms with van der Waals surface area (Å²) >= 11 is 7.56. The topological polar surface area (TPSA) is 37.0 Å². The molecular weight excluding hydrogens is 714 g/mol. The van der Waals surface area contributed by atoms with E-state index in [-0.39, 0.29) is 23.9 Å². The van der Waals surface area contributed by atoms with Crippen LogP contribution in [0.1, 0.15) is 133 Å². The van der Waals surface area contributed by atoms with Gasteiger partial charge in [-0.05, 0) is 88.4 Å². The number of hydrogen-bond acceptors (Lipinski definition) is 3. The van der Waals surface area contributed by atoms with Gasteiger partial charge in [0.05, 0.1) is 34.2 Å². The molecule has 0 saturated carbocycles. The molecule has 6 aromatic carbocycles. The lowest BCUT2D eigenvalue weighted by atomic mass is 9.79. The molecule has 1 aromatic heterocycles. The van der Waals surface area contributed by atoms with E-state index in [1.807, 2.05) is 0 Å². The molecule has 0 spiro atoms. The van der Waals surface area contributed by atoms with E-state index >= 15 is 0 Å². The SMILES string of the molecule is CC(C)c1cccc(C(C)C)c1NC(C)c1cccc(C(C)Nc2c(Cl)cc(C(c3ccccc3)c3ccccc3)cc2C(c2ccccc2)c2ccccc2)n1. The van der Waals surface area contributed by atoms with Crippen molar-refractivity contribution >= 4 is 23.0 Å². The molecule has 57 heavy (non-hydrogen) atoms. The van der Waals surface area contributed by atoms with Gasteiger partial charge in [-0.2, -0.15) is 0 Å². The highest BCUT2D eigenvalue weighted by Gasteiger charge is 2.27. The first kappa shape index (κ1) is 39.6. The molecule has 288 valence electrons. The molecule has 0 radical (unpaired) electrons. The standard InChI is InChI=1S/C53H54ClN3/c1-35(2)44-29-19-30-45(36(3)4)52(44)55-37(5)48-31-20-32-49(57-48)38(6)56-53-46(51(41-25-15-9-16-26-41)42-27-17-10-18-28-42)33-43(34-47(53)54)50(39-21-11-7-12-22-39)40-23-13-8-14-24-40/h7-38,50-51,55-56H,1-6H3. The van der Waals surface area contributed by atoms with E-state index in [0.717, 1.165) is 28.2 Å². The number of para-hydroxylation sites is 1. The first-order valence-electron chi connectivity index (χ1n) is 20.3. The van der Waals surface area contributed by atoms with Crippen LogP contribution in [0.15, 0.2) is 170 Å². The van der Waals surface area contributed by atoms with Gasteiger partial charge >= 0.3 is 0 Å². The lowest BCUT2D eigenvalue weighted by Crippen LogP contribution is -2.17. The number of halogens is 1. The number of nitrogens with zero attached hydrogens (tertiary/aromatic N) is 1. The quantitative estimate of drug-likeness (QED) is 0.108. The fourth-order valence-electron chi connectivity index (χ4n) is 8.16. The van der Waals surface area contributed by atoms with Gasteiger partial charge in [0.25, 0.3) is 0 Å². The van der Waals surface area contributed by atoms with E-state index in [4.69, 9.17) is 16.6 Å². The van der Waals surface area contributed by atoms with Crippen LogP contribution in [-0.2, 0) is 0 Å². The normalized spacial score (nSPS) is 12.6. The van der Waals surface area contributed by atoms with Crippen LogP contribution in [0.5, 0.6) is 0 Å². The molecule has 0 fully saturated rings. The summed E-state index contributed by atoms with van der Waals surface area (Å²) < 4.78 is 0. The number of rotatable bonds is 14. The van der Waals surface area contributed by atoms with Crippen LogP contribution in [0, 0.1) is 0 Å². The molecule has 3 nitrogen and oxygen atoms in total. The van der Waals surface area contributed by atoms with Crippen LogP contribution in [-0.4, -0.2) is 4.98 Å². The lowest BCUT2D eigenvalue weighted by Gasteiger charge is -2.28. The van der Waals surface area contributed by atoms with Crippen LogP contribution in [0.3, 0.4) is 0 Å². The summed E-state index contributed by atoms with van der Waals surface area (Å²) in [6.07, 6.45) is 0. The van der Waals surface area contributed by atoms with Crippen molar-refractivity contribution in [3.05, 3.63) is 231 Å². The second-order valence-corrected chi connectivity index (χ2v) is 16.2.